The Morgan fingerprint density at radius 1 is 1.31 bits per heavy atom. The summed E-state index contributed by atoms with van der Waals surface area (Å²) in [5.74, 6) is 0.529. The van der Waals surface area contributed by atoms with E-state index in [4.69, 9.17) is 9.84 Å². The topological polar surface area (TPSA) is 78.9 Å². The molecule has 144 valence electrons. The van der Waals surface area contributed by atoms with E-state index in [0.717, 1.165) is 36.9 Å². The van der Waals surface area contributed by atoms with E-state index in [1.807, 2.05) is 36.9 Å². The molecule has 1 aliphatic heterocycles. The number of nitrogens with one attached hydrogen (secondary N) is 1. The first-order valence-electron chi connectivity index (χ1n) is 9.46. The van der Waals surface area contributed by atoms with Gasteiger partial charge in [-0.05, 0) is 49.4 Å². The van der Waals surface area contributed by atoms with E-state index in [9.17, 15) is 9.59 Å². The summed E-state index contributed by atoms with van der Waals surface area (Å²) in [5, 5.41) is 11.6. The summed E-state index contributed by atoms with van der Waals surface area (Å²) < 4.78 is 5.64. The molecular weight excluding hydrogens is 332 g/mol. The molecule has 0 aliphatic carbocycles. The van der Waals surface area contributed by atoms with Crippen LogP contribution in [0.2, 0.25) is 0 Å². The summed E-state index contributed by atoms with van der Waals surface area (Å²) in [4.78, 5) is 26.3. The summed E-state index contributed by atoms with van der Waals surface area (Å²) in [6.45, 7) is 5.46. The van der Waals surface area contributed by atoms with Crippen LogP contribution >= 0.6 is 0 Å². The number of aryl methyl sites for hydroxylation is 1. The molecule has 1 aromatic carbocycles. The summed E-state index contributed by atoms with van der Waals surface area (Å²) in [6.07, 6.45) is 3.69. The highest BCUT2D eigenvalue weighted by atomic mass is 16.5. The lowest BCUT2D eigenvalue weighted by Crippen LogP contribution is -2.42. The maximum absolute atomic E-state index is 12.2. The zero-order valence-corrected chi connectivity index (χ0v) is 15.8. The first kappa shape index (κ1) is 20.2. The van der Waals surface area contributed by atoms with E-state index in [-0.39, 0.29) is 37.4 Å². The Bertz CT molecular complexity index is 618. The first-order valence-corrected chi connectivity index (χ1v) is 9.46. The molecule has 1 fully saturated rings. The van der Waals surface area contributed by atoms with Crippen LogP contribution in [-0.4, -0.2) is 54.2 Å². The minimum atomic E-state index is -0.167. The fraction of sp³-hybridized carbons (Fsp3) is 0.600. The zero-order valence-electron chi connectivity index (χ0n) is 15.8. The third kappa shape index (κ3) is 6.02. The number of hydrogen-bond acceptors (Lipinski definition) is 4. The Hall–Kier alpha value is -2.08. The number of amides is 2. The fourth-order valence-corrected chi connectivity index (χ4v) is 3.20. The largest absolute Gasteiger partial charge is 0.493 e. The van der Waals surface area contributed by atoms with Crippen molar-refractivity contribution in [1.29, 1.82) is 0 Å². The van der Waals surface area contributed by atoms with E-state index in [2.05, 4.69) is 5.32 Å². The second-order valence-electron chi connectivity index (χ2n) is 6.80. The van der Waals surface area contributed by atoms with Gasteiger partial charge in [0.15, 0.2) is 0 Å². The van der Waals surface area contributed by atoms with Crippen molar-refractivity contribution in [3.05, 3.63) is 29.3 Å². The second-order valence-corrected chi connectivity index (χ2v) is 6.80. The third-order valence-electron chi connectivity index (χ3n) is 4.68. The number of rotatable bonds is 9. The summed E-state index contributed by atoms with van der Waals surface area (Å²) in [6, 6.07) is 6.06. The molecule has 1 unspecified atom stereocenters. The maximum atomic E-state index is 12.2. The second kappa shape index (κ2) is 10.2. The smallest absolute Gasteiger partial charge is 0.242 e. The van der Waals surface area contributed by atoms with Crippen molar-refractivity contribution in [2.24, 2.45) is 0 Å². The van der Waals surface area contributed by atoms with Gasteiger partial charge in [0.1, 0.15) is 5.75 Å². The van der Waals surface area contributed by atoms with Crippen molar-refractivity contribution in [2.75, 3.05) is 26.3 Å². The molecule has 26 heavy (non-hydrogen) atoms. The van der Waals surface area contributed by atoms with Gasteiger partial charge in [0.25, 0.3) is 0 Å². The van der Waals surface area contributed by atoms with Gasteiger partial charge in [-0.1, -0.05) is 13.0 Å². The lowest BCUT2D eigenvalue weighted by atomic mass is 10.1. The minimum absolute atomic E-state index is 0.0151. The Morgan fingerprint density at radius 2 is 2.08 bits per heavy atom. The number of aliphatic hydroxyl groups is 1. The molecule has 1 aromatic rings. The lowest BCUT2D eigenvalue weighted by Gasteiger charge is -2.21. The van der Waals surface area contributed by atoms with Gasteiger partial charge in [-0.2, -0.15) is 0 Å². The summed E-state index contributed by atoms with van der Waals surface area (Å²) >= 11 is 0. The minimum Gasteiger partial charge on any atom is -0.493 e. The predicted molar refractivity (Wildman–Crippen MR) is 100 cm³/mol. The van der Waals surface area contributed by atoms with Gasteiger partial charge in [-0.25, -0.2) is 0 Å². The normalized spacial score (nSPS) is 16.6. The van der Waals surface area contributed by atoms with E-state index in [0.29, 0.717) is 18.8 Å². The average molecular weight is 362 g/mol. The molecule has 0 aromatic heterocycles. The molecule has 1 heterocycles. The molecule has 1 saturated heterocycles. The van der Waals surface area contributed by atoms with Crippen LogP contribution in [-0.2, 0) is 22.4 Å². The van der Waals surface area contributed by atoms with Crippen LogP contribution in [0.15, 0.2) is 18.2 Å². The van der Waals surface area contributed by atoms with Crippen LogP contribution in [0.25, 0.3) is 0 Å². The molecule has 6 nitrogen and oxygen atoms in total. The molecular formula is C20H30N2O4. The highest BCUT2D eigenvalue weighted by Crippen LogP contribution is 2.19. The number of hydrogen-bond donors (Lipinski definition) is 2. The molecule has 0 bridgehead atoms. The zero-order chi connectivity index (χ0) is 18.9. The van der Waals surface area contributed by atoms with Crippen LogP contribution in [0.3, 0.4) is 0 Å². The van der Waals surface area contributed by atoms with Gasteiger partial charge in [0, 0.05) is 25.6 Å². The molecule has 6 heteroatoms. The van der Waals surface area contributed by atoms with E-state index >= 15 is 0 Å². The molecule has 2 rings (SSSR count). The van der Waals surface area contributed by atoms with Crippen LogP contribution in [0.4, 0.5) is 0 Å². The molecule has 2 amide bonds. The van der Waals surface area contributed by atoms with Crippen molar-refractivity contribution >= 4 is 11.8 Å². The van der Waals surface area contributed by atoms with Gasteiger partial charge >= 0.3 is 0 Å². The van der Waals surface area contributed by atoms with Crippen molar-refractivity contribution < 1.29 is 19.4 Å². The van der Waals surface area contributed by atoms with E-state index in [1.54, 1.807) is 0 Å². The molecule has 1 aliphatic rings. The Balaban J connectivity index is 1.88. The lowest BCUT2D eigenvalue weighted by molar-refractivity contribution is -0.133. The highest BCUT2D eigenvalue weighted by Gasteiger charge is 2.24. The average Bonchev–Trinajstić information content (AvgIpc) is 3.05. The number of likely N-dealkylation sites (tertiary alicyclic amines) is 1. The van der Waals surface area contributed by atoms with Gasteiger partial charge < -0.3 is 20.1 Å². The fourth-order valence-electron chi connectivity index (χ4n) is 3.20. The Kier molecular flexibility index (Phi) is 7.91. The molecule has 0 spiro atoms. The molecule has 1 atom stereocenters. The van der Waals surface area contributed by atoms with Gasteiger partial charge in [-0.3, -0.25) is 9.59 Å². The number of benzene rings is 1. The quantitative estimate of drug-likeness (QED) is 0.655. The van der Waals surface area contributed by atoms with Gasteiger partial charge in [0.05, 0.1) is 19.6 Å². The summed E-state index contributed by atoms with van der Waals surface area (Å²) in [7, 11) is 0. The monoisotopic (exact) mass is 362 g/mol. The van der Waals surface area contributed by atoms with Crippen LogP contribution < -0.4 is 10.1 Å². The molecule has 0 saturated carbocycles. The number of carbonyl (C=O) groups is 2. The SMILES string of the molecule is CCc1cc(CC(=O)NCC(=O)N2CCCC2C)cc(OCCCO)c1. The Labute approximate surface area is 155 Å². The third-order valence-corrected chi connectivity index (χ3v) is 4.68. The number of ether oxygens (including phenoxy) is 1. The van der Waals surface area contributed by atoms with Crippen molar-refractivity contribution in [1.82, 2.24) is 10.2 Å². The molecule has 0 radical (unpaired) electrons. The Morgan fingerprint density at radius 3 is 2.73 bits per heavy atom. The highest BCUT2D eigenvalue weighted by molar-refractivity contribution is 5.86. The number of aliphatic hydroxyl groups excluding tert-OH is 1. The van der Waals surface area contributed by atoms with Gasteiger partial charge in [-0.15, -0.1) is 0 Å². The van der Waals surface area contributed by atoms with Crippen molar-refractivity contribution in [3.63, 3.8) is 0 Å². The van der Waals surface area contributed by atoms with Crippen molar-refractivity contribution in [2.45, 2.75) is 52.0 Å². The van der Waals surface area contributed by atoms with Gasteiger partial charge in [0.2, 0.25) is 11.8 Å². The molecule has 2 N–H and O–H groups in total. The first-order chi connectivity index (χ1) is 12.5. The number of carbonyl (C=O) groups excluding carboxylic acids is 2. The standard InChI is InChI=1S/C20H30N2O4/c1-3-16-10-17(12-18(11-16)26-9-5-8-23)13-19(24)21-14-20(25)22-7-4-6-15(22)2/h10-12,15,23H,3-9,13-14H2,1-2H3,(H,21,24). The van der Waals surface area contributed by atoms with E-state index in [1.165, 1.54) is 0 Å². The predicted octanol–water partition coefficient (Wildman–Crippen LogP) is 1.68. The van der Waals surface area contributed by atoms with Crippen LogP contribution in [0.5, 0.6) is 5.75 Å². The number of nitrogens with zero attached hydrogens (tertiary/aromatic N) is 1. The van der Waals surface area contributed by atoms with E-state index < -0.39 is 0 Å². The van der Waals surface area contributed by atoms with Crippen LogP contribution in [0, 0.1) is 0 Å². The summed E-state index contributed by atoms with van der Waals surface area (Å²) in [5.41, 5.74) is 1.96. The van der Waals surface area contributed by atoms with Crippen molar-refractivity contribution in [3.8, 4) is 5.75 Å². The van der Waals surface area contributed by atoms with Crippen LogP contribution in [0.1, 0.15) is 44.2 Å². The maximum Gasteiger partial charge on any atom is 0.242 e.